The van der Waals surface area contributed by atoms with E-state index < -0.39 is 24.2 Å². The van der Waals surface area contributed by atoms with Gasteiger partial charge in [-0.25, -0.2) is 0 Å². The van der Waals surface area contributed by atoms with E-state index in [9.17, 15) is 0 Å². The molecule has 0 atom stereocenters. The highest BCUT2D eigenvalue weighted by molar-refractivity contribution is 7.30. The number of hydrogen-bond acceptors (Lipinski definition) is 1. The van der Waals surface area contributed by atoms with Crippen LogP contribution in [0.5, 0.6) is 0 Å². The largest absolute Gasteiger partial charge is 0.311 e. The van der Waals surface area contributed by atoms with Gasteiger partial charge in [0.25, 0.3) is 0 Å². The summed E-state index contributed by atoms with van der Waals surface area (Å²) in [7, 11) is -10.1. The lowest BCUT2D eigenvalue weighted by molar-refractivity contribution is 1.30. The summed E-state index contributed by atoms with van der Waals surface area (Å²) in [5, 5.41) is 18.1. The zero-order valence-electron chi connectivity index (χ0n) is 47.0. The Labute approximate surface area is 483 Å². The smallest absolute Gasteiger partial charge is 0.185 e. The van der Waals surface area contributed by atoms with Gasteiger partial charge in [-0.15, -0.1) is 0 Å². The number of anilines is 3. The standard InChI is InChI=1S/C78H57NSi3/c1-46-22-19-23-47(2)73(46)52-40-67-76-68(41-52)81(63-36-15-9-30-57(63)58-31-10-16-37-64(58)81)70-43-54(75-50(5)26-21-27-51(75)6)45-72-78(70)79(76)77-69(80(67)61-34-13-7-28-55(61)56-29-8-14-35-62(56)80)42-53(74-48(3)24-20-25-49(74)4)44-71(77)82(72)65-38-17-11-32-59(65)60-33-12-18-39-66(60)82/h7-45H,1-6H3. The van der Waals surface area contributed by atoms with Gasteiger partial charge in [-0.3, -0.25) is 0 Å². The highest BCUT2D eigenvalue weighted by Crippen LogP contribution is 2.51. The summed E-state index contributed by atoms with van der Waals surface area (Å²) >= 11 is 0. The van der Waals surface area contributed by atoms with Crippen LogP contribution >= 0.6 is 0 Å². The fourth-order valence-electron chi connectivity index (χ4n) is 17.8. The maximum absolute atomic E-state index is 3.36. The van der Waals surface area contributed by atoms with Gasteiger partial charge >= 0.3 is 0 Å². The van der Waals surface area contributed by atoms with E-state index in [1.54, 1.807) is 0 Å². The summed E-state index contributed by atoms with van der Waals surface area (Å²) in [5.41, 5.74) is 28.6. The van der Waals surface area contributed by atoms with Crippen LogP contribution in [0.3, 0.4) is 0 Å². The van der Waals surface area contributed by atoms with E-state index in [0.29, 0.717) is 0 Å². The lowest BCUT2D eigenvalue weighted by Gasteiger charge is -2.56. The lowest BCUT2D eigenvalue weighted by atomic mass is 9.94. The normalized spacial score (nSPS) is 15.2. The predicted octanol–water partition coefficient (Wildman–Crippen LogP) is 11.0. The fourth-order valence-corrected chi connectivity index (χ4v) is 35.1. The second kappa shape index (κ2) is 16.2. The third-order valence-corrected chi connectivity index (χ3v) is 35.2. The van der Waals surface area contributed by atoms with E-state index in [-0.39, 0.29) is 0 Å². The molecule has 0 unspecified atom stereocenters. The van der Waals surface area contributed by atoms with Crippen LogP contribution in [0.15, 0.2) is 237 Å². The van der Waals surface area contributed by atoms with Crippen LogP contribution < -0.4 is 67.1 Å². The van der Waals surface area contributed by atoms with E-state index in [2.05, 4.69) is 283 Å². The van der Waals surface area contributed by atoms with Gasteiger partial charge in [0.15, 0.2) is 24.2 Å². The molecule has 0 bridgehead atoms. The van der Waals surface area contributed by atoms with Crippen molar-refractivity contribution in [3.05, 3.63) is 270 Å². The van der Waals surface area contributed by atoms with Crippen molar-refractivity contribution in [1.29, 1.82) is 0 Å². The lowest BCUT2D eigenvalue weighted by Crippen LogP contribution is -2.85. The van der Waals surface area contributed by atoms with Crippen molar-refractivity contribution < 1.29 is 0 Å². The molecule has 0 amide bonds. The first-order valence-electron chi connectivity index (χ1n) is 29.3. The molecule has 4 heteroatoms. The highest BCUT2D eigenvalue weighted by Gasteiger charge is 2.66. The Bertz CT molecular complexity index is 4150. The second-order valence-electron chi connectivity index (χ2n) is 24.4. The molecular formula is C78H57NSi3. The van der Waals surface area contributed by atoms with Crippen molar-refractivity contribution in [2.45, 2.75) is 41.5 Å². The molecule has 82 heavy (non-hydrogen) atoms. The van der Waals surface area contributed by atoms with Gasteiger partial charge in [0.05, 0.1) is 0 Å². The SMILES string of the molecule is Cc1cccc(C)c1-c1cc2c3c(c1)[Si]1(c4ccccc4-c4ccccc41)c1cc(-c4c(C)cccc4C)cc4c1N3c1c(cc(-c3c(C)cccc3C)cc1[Si]41c3ccccc3-c3ccccc31)[Si]21c2ccccc2-c2ccccc21. The molecular weight excluding hydrogens is 1040 g/mol. The summed E-state index contributed by atoms with van der Waals surface area (Å²) in [4.78, 5) is 2.96. The van der Waals surface area contributed by atoms with Crippen molar-refractivity contribution in [3.63, 3.8) is 0 Å². The number of rotatable bonds is 3. The Morgan fingerprint density at radius 3 is 0.585 bits per heavy atom. The molecule has 18 rings (SSSR count). The molecule has 0 saturated carbocycles. The Kier molecular flexibility index (Phi) is 9.23. The molecule has 0 fully saturated rings. The van der Waals surface area contributed by atoms with E-state index in [1.165, 1.54) is 179 Å². The van der Waals surface area contributed by atoms with Crippen LogP contribution in [-0.4, -0.2) is 24.2 Å². The number of aryl methyl sites for hydroxylation is 6. The summed E-state index contributed by atoms with van der Waals surface area (Å²) in [6, 6.07) is 95.4. The minimum atomic E-state index is -3.36. The molecule has 3 spiro atoms. The van der Waals surface area contributed by atoms with Gasteiger partial charge in [0.1, 0.15) is 0 Å². The third-order valence-electron chi connectivity index (χ3n) is 20.6. The molecule has 6 aliphatic heterocycles. The first-order valence-corrected chi connectivity index (χ1v) is 35.3. The number of nitrogens with zero attached hydrogens (tertiary/aromatic N) is 1. The number of hydrogen-bond donors (Lipinski definition) is 0. The fraction of sp³-hybridized carbons (Fsp3) is 0.0769. The molecule has 0 N–H and O–H groups in total. The van der Waals surface area contributed by atoms with Crippen LogP contribution in [0.25, 0.3) is 66.8 Å². The molecule has 386 valence electrons. The third kappa shape index (κ3) is 5.37. The van der Waals surface area contributed by atoms with Crippen LogP contribution in [0.4, 0.5) is 17.1 Å². The molecule has 0 saturated heterocycles. The maximum Gasteiger partial charge on any atom is 0.185 e. The number of benzene rings is 12. The highest BCUT2D eigenvalue weighted by atomic mass is 28.3. The summed E-state index contributed by atoms with van der Waals surface area (Å²) < 4.78 is 0. The topological polar surface area (TPSA) is 3.24 Å². The first-order chi connectivity index (χ1) is 40.2. The van der Waals surface area contributed by atoms with Crippen LogP contribution in [-0.2, 0) is 0 Å². The Balaban J connectivity index is 1.17. The van der Waals surface area contributed by atoms with Crippen molar-refractivity contribution in [3.8, 4) is 66.8 Å². The molecule has 0 aliphatic carbocycles. The van der Waals surface area contributed by atoms with E-state index in [0.717, 1.165) is 0 Å². The summed E-state index contributed by atoms with van der Waals surface area (Å²) in [5.74, 6) is 0. The maximum atomic E-state index is 2.96. The van der Waals surface area contributed by atoms with E-state index in [1.807, 2.05) is 0 Å². The van der Waals surface area contributed by atoms with Crippen molar-refractivity contribution in [2.24, 2.45) is 0 Å². The minimum Gasteiger partial charge on any atom is -0.311 e. The van der Waals surface area contributed by atoms with E-state index in [4.69, 9.17) is 0 Å². The van der Waals surface area contributed by atoms with Crippen LogP contribution in [0.1, 0.15) is 33.4 Å². The second-order valence-corrected chi connectivity index (χ2v) is 35.4. The summed E-state index contributed by atoms with van der Waals surface area (Å²) in [6.45, 7) is 14.1. The molecule has 0 aromatic heterocycles. The van der Waals surface area contributed by atoms with Crippen LogP contribution in [0, 0.1) is 41.5 Å². The van der Waals surface area contributed by atoms with Gasteiger partial charge in [-0.2, -0.15) is 0 Å². The van der Waals surface area contributed by atoms with Crippen molar-refractivity contribution >= 4 is 104 Å². The monoisotopic (exact) mass is 1090 g/mol. The van der Waals surface area contributed by atoms with Gasteiger partial charge in [-0.1, -0.05) is 237 Å². The molecule has 6 heterocycles. The first kappa shape index (κ1) is 46.8. The minimum absolute atomic E-state index is 1.31. The number of fused-ring (bicyclic) bond motifs is 21. The van der Waals surface area contributed by atoms with Gasteiger partial charge in [0.2, 0.25) is 0 Å². The van der Waals surface area contributed by atoms with Crippen molar-refractivity contribution in [2.75, 3.05) is 4.90 Å². The average molecular weight is 1090 g/mol. The zero-order valence-corrected chi connectivity index (χ0v) is 50.0. The van der Waals surface area contributed by atoms with Gasteiger partial charge in [-0.05, 0) is 204 Å². The van der Waals surface area contributed by atoms with Crippen LogP contribution in [0.2, 0.25) is 0 Å². The molecule has 1 nitrogen and oxygen atoms in total. The Morgan fingerprint density at radius 2 is 0.390 bits per heavy atom. The molecule has 0 radical (unpaired) electrons. The Hall–Kier alpha value is -8.91. The average Bonchev–Trinajstić information content (AvgIpc) is 1.31. The molecule has 6 aliphatic rings. The van der Waals surface area contributed by atoms with E-state index >= 15 is 0 Å². The quantitative estimate of drug-likeness (QED) is 0.159. The van der Waals surface area contributed by atoms with Gasteiger partial charge in [0, 0.05) is 17.1 Å². The summed E-state index contributed by atoms with van der Waals surface area (Å²) in [6.07, 6.45) is 0. The zero-order chi connectivity index (χ0) is 54.7. The molecule has 12 aromatic rings. The predicted molar refractivity (Wildman–Crippen MR) is 354 cm³/mol. The molecule has 12 aromatic carbocycles. The van der Waals surface area contributed by atoms with Crippen molar-refractivity contribution in [1.82, 2.24) is 0 Å². The van der Waals surface area contributed by atoms with Gasteiger partial charge < -0.3 is 4.90 Å². The Morgan fingerprint density at radius 1 is 0.207 bits per heavy atom.